The van der Waals surface area contributed by atoms with E-state index < -0.39 is 0 Å². The van der Waals surface area contributed by atoms with Crippen LogP contribution in [0.25, 0.3) is 0 Å². The SMILES string of the molecule is COC1C[C@@H]2CN(C(=O)c3ccc4c(c3)CCC4)C[C@@H]2C1. The molecule has 1 amide bonds. The number of likely N-dealkylation sites (tertiary alicyclic amines) is 1. The summed E-state index contributed by atoms with van der Waals surface area (Å²) in [5.41, 5.74) is 3.71. The standard InChI is InChI=1S/C18H23NO2/c1-21-17-8-15-10-19(11-16(15)9-17)18(20)14-6-5-12-3-2-4-13(12)7-14/h5-7,15-17H,2-4,8-11H2,1H3/t15-,16+,17?. The third kappa shape index (κ3) is 2.28. The van der Waals surface area contributed by atoms with Crippen LogP contribution in [0.15, 0.2) is 18.2 Å². The Labute approximate surface area is 126 Å². The molecule has 1 saturated heterocycles. The summed E-state index contributed by atoms with van der Waals surface area (Å²) in [5.74, 6) is 1.52. The van der Waals surface area contributed by atoms with Crippen molar-refractivity contribution < 1.29 is 9.53 Å². The van der Waals surface area contributed by atoms with Crippen molar-refractivity contribution in [2.45, 2.75) is 38.2 Å². The summed E-state index contributed by atoms with van der Waals surface area (Å²) in [5, 5.41) is 0. The third-order valence-corrected chi connectivity index (χ3v) is 5.67. The van der Waals surface area contributed by atoms with Crippen LogP contribution in [0.2, 0.25) is 0 Å². The predicted octanol–water partition coefficient (Wildman–Crippen LogP) is 2.67. The molecule has 0 N–H and O–H groups in total. The molecule has 2 aliphatic carbocycles. The number of fused-ring (bicyclic) bond motifs is 2. The van der Waals surface area contributed by atoms with E-state index in [-0.39, 0.29) is 5.91 Å². The highest BCUT2D eigenvalue weighted by molar-refractivity contribution is 5.94. The topological polar surface area (TPSA) is 29.5 Å². The quantitative estimate of drug-likeness (QED) is 0.836. The summed E-state index contributed by atoms with van der Waals surface area (Å²) in [6.07, 6.45) is 6.20. The number of benzene rings is 1. The number of carbonyl (C=O) groups excluding carboxylic acids is 1. The fraction of sp³-hybridized carbons (Fsp3) is 0.611. The Morgan fingerprint density at radius 2 is 1.86 bits per heavy atom. The monoisotopic (exact) mass is 285 g/mol. The summed E-state index contributed by atoms with van der Waals surface area (Å²) in [7, 11) is 1.80. The van der Waals surface area contributed by atoms with Gasteiger partial charge in [-0.1, -0.05) is 6.07 Å². The van der Waals surface area contributed by atoms with Crippen LogP contribution in [0.1, 0.15) is 40.7 Å². The first kappa shape index (κ1) is 13.3. The Bertz CT molecular complexity index is 554. The molecular formula is C18H23NO2. The molecule has 3 heteroatoms. The van der Waals surface area contributed by atoms with Crippen molar-refractivity contribution in [3.05, 3.63) is 34.9 Å². The average molecular weight is 285 g/mol. The van der Waals surface area contributed by atoms with Gasteiger partial charge in [0.1, 0.15) is 0 Å². The minimum atomic E-state index is 0.230. The van der Waals surface area contributed by atoms with Gasteiger partial charge in [0, 0.05) is 25.8 Å². The largest absolute Gasteiger partial charge is 0.381 e. The predicted molar refractivity (Wildman–Crippen MR) is 81.4 cm³/mol. The molecule has 1 saturated carbocycles. The van der Waals surface area contributed by atoms with Crippen LogP contribution in [0, 0.1) is 11.8 Å². The van der Waals surface area contributed by atoms with Gasteiger partial charge in [0.05, 0.1) is 6.10 Å². The van der Waals surface area contributed by atoms with Gasteiger partial charge in [-0.05, 0) is 67.2 Å². The van der Waals surface area contributed by atoms with Crippen LogP contribution < -0.4 is 0 Å². The minimum Gasteiger partial charge on any atom is -0.381 e. The Morgan fingerprint density at radius 3 is 2.57 bits per heavy atom. The van der Waals surface area contributed by atoms with Crippen molar-refractivity contribution in [3.8, 4) is 0 Å². The van der Waals surface area contributed by atoms with Gasteiger partial charge in [-0.2, -0.15) is 0 Å². The van der Waals surface area contributed by atoms with Crippen LogP contribution >= 0.6 is 0 Å². The summed E-state index contributed by atoms with van der Waals surface area (Å²) < 4.78 is 5.47. The second-order valence-electron chi connectivity index (χ2n) is 6.90. The number of ether oxygens (including phenoxy) is 1. The molecule has 3 aliphatic rings. The van der Waals surface area contributed by atoms with Crippen molar-refractivity contribution in [2.75, 3.05) is 20.2 Å². The number of nitrogens with zero attached hydrogens (tertiary/aromatic N) is 1. The Morgan fingerprint density at radius 1 is 1.14 bits per heavy atom. The van der Waals surface area contributed by atoms with Gasteiger partial charge < -0.3 is 9.64 Å². The lowest BCUT2D eigenvalue weighted by Crippen LogP contribution is -2.30. The highest BCUT2D eigenvalue weighted by atomic mass is 16.5. The number of hydrogen-bond donors (Lipinski definition) is 0. The van der Waals surface area contributed by atoms with Gasteiger partial charge in [0.25, 0.3) is 5.91 Å². The lowest BCUT2D eigenvalue weighted by Gasteiger charge is -2.19. The maximum atomic E-state index is 12.7. The summed E-state index contributed by atoms with van der Waals surface area (Å²) in [6, 6.07) is 6.32. The van der Waals surface area contributed by atoms with E-state index in [4.69, 9.17) is 4.74 Å². The average Bonchev–Trinajstić information content (AvgIpc) is 3.18. The number of aryl methyl sites for hydroxylation is 2. The first-order chi connectivity index (χ1) is 10.2. The number of amides is 1. The van der Waals surface area contributed by atoms with E-state index in [0.29, 0.717) is 17.9 Å². The number of rotatable bonds is 2. The second-order valence-corrected chi connectivity index (χ2v) is 6.90. The molecule has 1 aromatic rings. The van der Waals surface area contributed by atoms with Gasteiger partial charge in [-0.15, -0.1) is 0 Å². The smallest absolute Gasteiger partial charge is 0.253 e. The van der Waals surface area contributed by atoms with Crippen LogP contribution in [-0.2, 0) is 17.6 Å². The summed E-state index contributed by atoms with van der Waals surface area (Å²) in [4.78, 5) is 14.8. The fourth-order valence-electron chi connectivity index (χ4n) is 4.49. The molecule has 1 unspecified atom stereocenters. The van der Waals surface area contributed by atoms with Gasteiger partial charge in [-0.25, -0.2) is 0 Å². The minimum absolute atomic E-state index is 0.230. The molecule has 0 aromatic heterocycles. The lowest BCUT2D eigenvalue weighted by atomic mass is 10.0. The molecule has 3 nitrogen and oxygen atoms in total. The molecule has 4 rings (SSSR count). The van der Waals surface area contributed by atoms with E-state index >= 15 is 0 Å². The zero-order chi connectivity index (χ0) is 14.4. The summed E-state index contributed by atoms with van der Waals surface area (Å²) >= 11 is 0. The Balaban J connectivity index is 1.47. The Kier molecular flexibility index (Phi) is 3.26. The first-order valence-electron chi connectivity index (χ1n) is 8.18. The third-order valence-electron chi connectivity index (χ3n) is 5.67. The molecule has 21 heavy (non-hydrogen) atoms. The van der Waals surface area contributed by atoms with Crippen molar-refractivity contribution >= 4 is 5.91 Å². The number of methoxy groups -OCH3 is 1. The van der Waals surface area contributed by atoms with E-state index in [0.717, 1.165) is 37.9 Å². The van der Waals surface area contributed by atoms with E-state index in [1.165, 1.54) is 24.0 Å². The van der Waals surface area contributed by atoms with Gasteiger partial charge in [0.15, 0.2) is 0 Å². The molecule has 1 aliphatic heterocycles. The molecule has 112 valence electrons. The molecule has 0 radical (unpaired) electrons. The number of carbonyl (C=O) groups is 1. The Hall–Kier alpha value is -1.35. The van der Waals surface area contributed by atoms with Crippen LogP contribution in [0.5, 0.6) is 0 Å². The van der Waals surface area contributed by atoms with Gasteiger partial charge in [0.2, 0.25) is 0 Å². The van der Waals surface area contributed by atoms with E-state index in [1.54, 1.807) is 7.11 Å². The summed E-state index contributed by atoms with van der Waals surface area (Å²) in [6.45, 7) is 1.83. The molecule has 0 bridgehead atoms. The normalized spacial score (nSPS) is 30.5. The molecular weight excluding hydrogens is 262 g/mol. The highest BCUT2D eigenvalue weighted by Crippen LogP contribution is 2.39. The van der Waals surface area contributed by atoms with Crippen LogP contribution in [0.3, 0.4) is 0 Å². The van der Waals surface area contributed by atoms with E-state index in [1.807, 2.05) is 6.07 Å². The molecule has 1 aromatic carbocycles. The lowest BCUT2D eigenvalue weighted by molar-refractivity contribution is 0.0731. The molecule has 1 heterocycles. The van der Waals surface area contributed by atoms with Crippen molar-refractivity contribution in [1.82, 2.24) is 4.90 Å². The maximum absolute atomic E-state index is 12.7. The van der Waals surface area contributed by atoms with E-state index in [2.05, 4.69) is 17.0 Å². The van der Waals surface area contributed by atoms with Gasteiger partial charge in [-0.3, -0.25) is 4.79 Å². The van der Waals surface area contributed by atoms with Crippen LogP contribution in [0.4, 0.5) is 0 Å². The maximum Gasteiger partial charge on any atom is 0.253 e. The van der Waals surface area contributed by atoms with Crippen LogP contribution in [-0.4, -0.2) is 37.1 Å². The zero-order valence-electron chi connectivity index (χ0n) is 12.7. The van der Waals surface area contributed by atoms with Crippen molar-refractivity contribution in [2.24, 2.45) is 11.8 Å². The highest BCUT2D eigenvalue weighted by Gasteiger charge is 2.42. The molecule has 3 atom stereocenters. The van der Waals surface area contributed by atoms with E-state index in [9.17, 15) is 4.79 Å². The molecule has 0 spiro atoms. The zero-order valence-corrected chi connectivity index (χ0v) is 12.7. The van der Waals surface area contributed by atoms with Crippen molar-refractivity contribution in [1.29, 1.82) is 0 Å². The van der Waals surface area contributed by atoms with Crippen molar-refractivity contribution in [3.63, 3.8) is 0 Å². The van der Waals surface area contributed by atoms with Gasteiger partial charge >= 0.3 is 0 Å². The second kappa shape index (κ2) is 5.13. The number of hydrogen-bond acceptors (Lipinski definition) is 2. The molecule has 2 fully saturated rings. The first-order valence-corrected chi connectivity index (χ1v) is 8.18. The fourth-order valence-corrected chi connectivity index (χ4v) is 4.49.